The highest BCUT2D eigenvalue weighted by atomic mass is 79.9. The van der Waals surface area contributed by atoms with Crippen LogP contribution in [0.15, 0.2) is 108 Å². The van der Waals surface area contributed by atoms with E-state index < -0.39 is 5.60 Å². The summed E-state index contributed by atoms with van der Waals surface area (Å²) in [4.78, 5) is 6.92. The zero-order valence-corrected chi connectivity index (χ0v) is 21.6. The van der Waals surface area contributed by atoms with Crippen LogP contribution in [0.4, 0.5) is 0 Å². The van der Waals surface area contributed by atoms with Crippen LogP contribution in [0.5, 0.6) is 0 Å². The molecule has 5 rings (SSSR count). The molecule has 0 radical (unpaired) electrons. The lowest BCUT2D eigenvalue weighted by Crippen LogP contribution is -2.37. The number of fused-ring (bicyclic) bond motifs is 2. The van der Waals surface area contributed by atoms with Crippen molar-refractivity contribution >= 4 is 37.6 Å². The molecule has 0 amide bonds. The number of nitrogens with zero attached hydrogens (tertiary/aromatic N) is 2. The van der Waals surface area contributed by atoms with Gasteiger partial charge in [0.1, 0.15) is 5.60 Å². The maximum absolute atomic E-state index is 12.9. The van der Waals surface area contributed by atoms with Crippen LogP contribution in [0.3, 0.4) is 0 Å². The van der Waals surface area contributed by atoms with Gasteiger partial charge in [-0.05, 0) is 72.2 Å². The molecule has 5 aromatic rings. The highest BCUT2D eigenvalue weighted by Gasteiger charge is 2.41. The Morgan fingerprint density at radius 2 is 1.57 bits per heavy atom. The largest absolute Gasteiger partial charge is 0.384 e. The molecule has 0 saturated heterocycles. The average Bonchev–Trinajstić information content (AvgIpc) is 2.87. The molecule has 0 spiro atoms. The molecule has 0 aliphatic carbocycles. The van der Waals surface area contributed by atoms with Gasteiger partial charge in [0.15, 0.2) is 0 Å². The fourth-order valence-corrected chi connectivity index (χ4v) is 5.48. The Kier molecular flexibility index (Phi) is 6.70. The zero-order valence-electron chi connectivity index (χ0n) is 20.0. The topological polar surface area (TPSA) is 36.4 Å². The number of pyridine rings is 1. The summed E-state index contributed by atoms with van der Waals surface area (Å²) in [6.45, 7) is 0.746. The second kappa shape index (κ2) is 9.90. The first-order chi connectivity index (χ1) is 17.0. The van der Waals surface area contributed by atoms with E-state index in [1.165, 1.54) is 0 Å². The van der Waals surface area contributed by atoms with E-state index in [-0.39, 0.29) is 5.92 Å². The molecule has 1 aromatic heterocycles. The van der Waals surface area contributed by atoms with Crippen molar-refractivity contribution in [2.75, 3.05) is 20.6 Å². The van der Waals surface area contributed by atoms with Gasteiger partial charge in [-0.25, -0.2) is 0 Å². The van der Waals surface area contributed by atoms with E-state index >= 15 is 0 Å². The summed E-state index contributed by atoms with van der Waals surface area (Å²) in [6, 6.07) is 33.2. The number of hydrogen-bond acceptors (Lipinski definition) is 3. The molecule has 1 N–H and O–H groups in total. The van der Waals surface area contributed by atoms with Crippen molar-refractivity contribution in [3.8, 4) is 0 Å². The van der Waals surface area contributed by atoms with E-state index in [9.17, 15) is 5.11 Å². The maximum Gasteiger partial charge on any atom is 0.102 e. The molecule has 4 heteroatoms. The monoisotopic (exact) mass is 524 g/mol. The van der Waals surface area contributed by atoms with E-state index in [1.807, 2.05) is 48.7 Å². The number of rotatable bonds is 7. The fourth-order valence-electron chi connectivity index (χ4n) is 5.10. The summed E-state index contributed by atoms with van der Waals surface area (Å²) in [5.41, 5.74) is 2.79. The molecular weight excluding hydrogens is 496 g/mol. The van der Waals surface area contributed by atoms with Gasteiger partial charge in [0.05, 0.1) is 5.52 Å². The first kappa shape index (κ1) is 23.7. The third kappa shape index (κ3) is 4.74. The van der Waals surface area contributed by atoms with Crippen molar-refractivity contribution < 1.29 is 5.11 Å². The molecule has 4 aromatic carbocycles. The Hall–Kier alpha value is -3.05. The van der Waals surface area contributed by atoms with Crippen molar-refractivity contribution in [1.29, 1.82) is 0 Å². The second-order valence-corrected chi connectivity index (χ2v) is 10.4. The van der Waals surface area contributed by atoms with Crippen molar-refractivity contribution in [2.24, 2.45) is 0 Å². The highest BCUT2D eigenvalue weighted by molar-refractivity contribution is 9.10. The van der Waals surface area contributed by atoms with Crippen LogP contribution in [0.25, 0.3) is 21.7 Å². The van der Waals surface area contributed by atoms with E-state index in [2.05, 4.69) is 89.5 Å². The van der Waals surface area contributed by atoms with Crippen molar-refractivity contribution in [3.05, 3.63) is 124 Å². The Bertz CT molecular complexity index is 1460. The number of aliphatic hydroxyl groups is 1. The Morgan fingerprint density at radius 3 is 2.37 bits per heavy atom. The van der Waals surface area contributed by atoms with Gasteiger partial charge in [-0.15, -0.1) is 0 Å². The predicted octanol–water partition coefficient (Wildman–Crippen LogP) is 7.12. The lowest BCUT2D eigenvalue weighted by atomic mass is 9.71. The summed E-state index contributed by atoms with van der Waals surface area (Å²) < 4.78 is 1.01. The van der Waals surface area contributed by atoms with Crippen molar-refractivity contribution in [3.63, 3.8) is 0 Å². The molecule has 3 nitrogen and oxygen atoms in total. The maximum atomic E-state index is 12.9. The normalized spacial score (nSPS) is 14.3. The SMILES string of the molecule is CN(C)CCC(O)(c1cccc2ccccc12)C(c1ccccc1)c1cnc2ccc(Br)cc2c1. The second-order valence-electron chi connectivity index (χ2n) is 9.45. The van der Waals surface area contributed by atoms with Gasteiger partial charge in [-0.2, -0.15) is 0 Å². The Labute approximate surface area is 215 Å². The van der Waals surface area contributed by atoms with Gasteiger partial charge >= 0.3 is 0 Å². The first-order valence-corrected chi connectivity index (χ1v) is 12.7. The van der Waals surface area contributed by atoms with Gasteiger partial charge < -0.3 is 10.0 Å². The summed E-state index contributed by atoms with van der Waals surface area (Å²) in [7, 11) is 4.10. The van der Waals surface area contributed by atoms with Crippen LogP contribution in [-0.4, -0.2) is 35.6 Å². The van der Waals surface area contributed by atoms with Crippen LogP contribution in [0.1, 0.15) is 29.0 Å². The Balaban J connectivity index is 1.78. The van der Waals surface area contributed by atoms with E-state index in [1.54, 1.807) is 0 Å². The molecular formula is C31H29BrN2O. The molecule has 0 fully saturated rings. The number of benzene rings is 4. The molecule has 0 bridgehead atoms. The van der Waals surface area contributed by atoms with Crippen molar-refractivity contribution in [1.82, 2.24) is 9.88 Å². The summed E-state index contributed by atoms with van der Waals surface area (Å²) in [5.74, 6) is -0.301. The van der Waals surface area contributed by atoms with Crippen LogP contribution >= 0.6 is 15.9 Å². The van der Waals surface area contributed by atoms with E-state index in [4.69, 9.17) is 4.98 Å². The summed E-state index contributed by atoms with van der Waals surface area (Å²) >= 11 is 3.60. The average molecular weight is 525 g/mol. The molecule has 176 valence electrons. The summed E-state index contributed by atoms with van der Waals surface area (Å²) in [5, 5.41) is 16.1. The van der Waals surface area contributed by atoms with Gasteiger partial charge in [-0.3, -0.25) is 4.98 Å². The van der Waals surface area contributed by atoms with Gasteiger partial charge in [0, 0.05) is 28.5 Å². The van der Waals surface area contributed by atoms with Gasteiger partial charge in [0.2, 0.25) is 0 Å². The van der Waals surface area contributed by atoms with Crippen molar-refractivity contribution in [2.45, 2.75) is 17.9 Å². The predicted molar refractivity (Wildman–Crippen MR) is 149 cm³/mol. The standard InChI is InChI=1S/C31H29BrN2O/c1-34(2)18-17-31(35,28-14-8-12-22-9-6-7-13-27(22)28)30(23-10-4-3-5-11-23)25-19-24-20-26(32)15-16-29(24)33-21-25/h3-16,19-21,30,35H,17-18H2,1-2H3. The third-order valence-corrected chi connectivity index (χ3v) is 7.30. The summed E-state index contributed by atoms with van der Waals surface area (Å²) in [6.07, 6.45) is 2.50. The quantitative estimate of drug-likeness (QED) is 0.246. The highest BCUT2D eigenvalue weighted by Crippen LogP contribution is 2.46. The van der Waals surface area contributed by atoms with Gasteiger partial charge in [0.25, 0.3) is 0 Å². The molecule has 1 heterocycles. The molecule has 2 atom stereocenters. The minimum absolute atomic E-state index is 0.301. The minimum atomic E-state index is -1.16. The molecule has 0 saturated carbocycles. The molecule has 0 aliphatic heterocycles. The van der Waals surface area contributed by atoms with Crippen LogP contribution in [0, 0.1) is 0 Å². The van der Waals surface area contributed by atoms with Crippen LogP contribution < -0.4 is 0 Å². The smallest absolute Gasteiger partial charge is 0.102 e. The molecule has 0 aliphatic rings. The number of halogens is 1. The molecule has 2 unspecified atom stereocenters. The first-order valence-electron chi connectivity index (χ1n) is 11.9. The molecule has 35 heavy (non-hydrogen) atoms. The lowest BCUT2D eigenvalue weighted by Gasteiger charge is -2.39. The Morgan fingerprint density at radius 1 is 0.829 bits per heavy atom. The lowest BCUT2D eigenvalue weighted by molar-refractivity contribution is 0.00584. The number of aromatic nitrogens is 1. The van der Waals surface area contributed by atoms with Crippen LogP contribution in [0.2, 0.25) is 0 Å². The fraction of sp³-hybridized carbons (Fsp3) is 0.194. The van der Waals surface area contributed by atoms with E-state index in [0.717, 1.165) is 49.4 Å². The third-order valence-electron chi connectivity index (χ3n) is 6.80. The minimum Gasteiger partial charge on any atom is -0.384 e. The van der Waals surface area contributed by atoms with Crippen LogP contribution in [-0.2, 0) is 5.60 Å². The zero-order chi connectivity index (χ0) is 24.4. The van der Waals surface area contributed by atoms with Gasteiger partial charge in [-0.1, -0.05) is 88.7 Å². The van der Waals surface area contributed by atoms with E-state index in [0.29, 0.717) is 6.42 Å². The number of hydrogen-bond donors (Lipinski definition) is 1.